The van der Waals surface area contributed by atoms with Gasteiger partial charge in [0, 0.05) is 13.1 Å². The molecule has 0 bridgehead atoms. The molecule has 0 aromatic heterocycles. The molecule has 0 saturated carbocycles. The van der Waals surface area contributed by atoms with E-state index >= 15 is 0 Å². The zero-order chi connectivity index (χ0) is 18.1. The van der Waals surface area contributed by atoms with Crippen LogP contribution < -0.4 is 5.32 Å². The van der Waals surface area contributed by atoms with E-state index in [1.165, 1.54) is 4.90 Å². The Bertz CT molecular complexity index is 661. The second-order valence-corrected chi connectivity index (χ2v) is 7.39. The van der Waals surface area contributed by atoms with Gasteiger partial charge in [-0.3, -0.25) is 4.79 Å². The third-order valence-corrected chi connectivity index (χ3v) is 4.23. The van der Waals surface area contributed by atoms with Gasteiger partial charge in [0.2, 0.25) is 0 Å². The smallest absolute Gasteiger partial charge is 0.407 e. The highest BCUT2D eigenvalue weighted by Gasteiger charge is 2.32. The molecule has 1 aliphatic rings. The number of likely N-dealkylation sites (tertiary alicyclic amines) is 1. The number of rotatable bonds is 2. The summed E-state index contributed by atoms with van der Waals surface area (Å²) < 4.78 is 32.4. The number of ether oxygens (including phenoxy) is 1. The third kappa shape index (κ3) is 4.43. The molecule has 1 aromatic rings. The molecule has 24 heavy (non-hydrogen) atoms. The van der Waals surface area contributed by atoms with Crippen molar-refractivity contribution < 1.29 is 23.1 Å². The summed E-state index contributed by atoms with van der Waals surface area (Å²) in [6.07, 6.45) is -0.0561. The lowest BCUT2D eigenvalue weighted by Gasteiger charge is -2.22. The van der Waals surface area contributed by atoms with Gasteiger partial charge in [0.1, 0.15) is 17.2 Å². The van der Waals surface area contributed by atoms with Crippen molar-refractivity contribution in [2.24, 2.45) is 0 Å². The average molecular weight is 405 g/mol. The quantitative estimate of drug-likeness (QED) is 0.767. The largest absolute Gasteiger partial charge is 0.444 e. The monoisotopic (exact) mass is 404 g/mol. The van der Waals surface area contributed by atoms with Crippen LogP contribution >= 0.6 is 15.9 Å². The predicted octanol–water partition coefficient (Wildman–Crippen LogP) is 3.47. The number of alkyl carbamates (subject to hydrolysis) is 1. The first-order valence-electron chi connectivity index (χ1n) is 7.51. The SMILES string of the molecule is CC(C)(C)OC(=O)NC1CCN(C(=O)c2c(F)ccc(F)c2Br)C1. The van der Waals surface area contributed by atoms with Gasteiger partial charge in [-0.2, -0.15) is 0 Å². The highest BCUT2D eigenvalue weighted by molar-refractivity contribution is 9.10. The summed E-state index contributed by atoms with van der Waals surface area (Å²) in [5.74, 6) is -2.12. The summed E-state index contributed by atoms with van der Waals surface area (Å²) in [6.45, 7) is 5.80. The van der Waals surface area contributed by atoms with Crippen LogP contribution in [-0.2, 0) is 4.74 Å². The lowest BCUT2D eigenvalue weighted by molar-refractivity contribution is 0.0502. The highest BCUT2D eigenvalue weighted by Crippen LogP contribution is 2.26. The maximum Gasteiger partial charge on any atom is 0.407 e. The van der Waals surface area contributed by atoms with E-state index in [1.807, 2.05) is 0 Å². The Labute approximate surface area is 147 Å². The molecular weight excluding hydrogens is 386 g/mol. The van der Waals surface area contributed by atoms with E-state index in [4.69, 9.17) is 4.74 Å². The van der Waals surface area contributed by atoms with Crippen molar-refractivity contribution in [2.75, 3.05) is 13.1 Å². The van der Waals surface area contributed by atoms with Crippen LogP contribution in [0.2, 0.25) is 0 Å². The summed E-state index contributed by atoms with van der Waals surface area (Å²) in [4.78, 5) is 25.6. The van der Waals surface area contributed by atoms with E-state index < -0.39 is 29.2 Å². The predicted molar refractivity (Wildman–Crippen MR) is 87.7 cm³/mol. The number of halogens is 3. The second-order valence-electron chi connectivity index (χ2n) is 6.60. The summed E-state index contributed by atoms with van der Waals surface area (Å²) in [5.41, 5.74) is -0.957. The Morgan fingerprint density at radius 2 is 1.92 bits per heavy atom. The molecule has 1 unspecified atom stereocenters. The molecule has 2 amide bonds. The van der Waals surface area contributed by atoms with Gasteiger partial charge in [0.25, 0.3) is 5.91 Å². The van der Waals surface area contributed by atoms with Crippen molar-refractivity contribution in [3.05, 3.63) is 33.8 Å². The number of hydrogen-bond acceptors (Lipinski definition) is 3. The molecule has 1 saturated heterocycles. The van der Waals surface area contributed by atoms with Crippen molar-refractivity contribution in [1.82, 2.24) is 10.2 Å². The third-order valence-electron chi connectivity index (χ3n) is 3.45. The molecular formula is C16H19BrF2N2O3. The lowest BCUT2D eigenvalue weighted by Crippen LogP contribution is -2.41. The summed E-state index contributed by atoms with van der Waals surface area (Å²) in [7, 11) is 0. The molecule has 8 heteroatoms. The van der Waals surface area contributed by atoms with Crippen LogP contribution in [0.4, 0.5) is 13.6 Å². The van der Waals surface area contributed by atoms with E-state index in [0.29, 0.717) is 13.0 Å². The first kappa shape index (κ1) is 18.6. The molecule has 2 rings (SSSR count). The van der Waals surface area contributed by atoms with Gasteiger partial charge < -0.3 is 15.0 Å². The lowest BCUT2D eigenvalue weighted by atomic mass is 10.2. The van der Waals surface area contributed by atoms with Crippen LogP contribution in [0.5, 0.6) is 0 Å². The Hall–Kier alpha value is -1.70. The van der Waals surface area contributed by atoms with Crippen LogP contribution in [0.1, 0.15) is 37.6 Å². The van der Waals surface area contributed by atoms with Gasteiger partial charge in [-0.15, -0.1) is 0 Å². The van der Waals surface area contributed by atoms with Gasteiger partial charge in [0.05, 0.1) is 16.1 Å². The van der Waals surface area contributed by atoms with E-state index in [1.54, 1.807) is 20.8 Å². The number of carbonyl (C=O) groups excluding carboxylic acids is 2. The van der Waals surface area contributed by atoms with Crippen LogP contribution in [0, 0.1) is 11.6 Å². The molecule has 0 radical (unpaired) electrons. The molecule has 0 aliphatic carbocycles. The van der Waals surface area contributed by atoms with Gasteiger partial charge in [-0.25, -0.2) is 13.6 Å². The van der Waals surface area contributed by atoms with Gasteiger partial charge >= 0.3 is 6.09 Å². The standard InChI is InChI=1S/C16H19BrF2N2O3/c1-16(2,3)24-15(23)20-9-6-7-21(8-9)14(22)12-10(18)4-5-11(19)13(12)17/h4-5,9H,6-8H2,1-3H3,(H,20,23). The fourth-order valence-electron chi connectivity index (χ4n) is 2.42. The highest BCUT2D eigenvalue weighted by atomic mass is 79.9. The first-order chi connectivity index (χ1) is 11.1. The zero-order valence-corrected chi connectivity index (χ0v) is 15.2. The fraction of sp³-hybridized carbons (Fsp3) is 0.500. The van der Waals surface area contributed by atoms with Crippen LogP contribution in [-0.4, -0.2) is 41.6 Å². The fourth-order valence-corrected chi connectivity index (χ4v) is 2.91. The minimum atomic E-state index is -0.795. The maximum absolute atomic E-state index is 13.9. The van der Waals surface area contributed by atoms with Crippen molar-refractivity contribution in [1.29, 1.82) is 0 Å². The minimum Gasteiger partial charge on any atom is -0.444 e. The van der Waals surface area contributed by atoms with Gasteiger partial charge in [-0.05, 0) is 55.3 Å². The van der Waals surface area contributed by atoms with Crippen LogP contribution in [0.25, 0.3) is 0 Å². The Balaban J connectivity index is 2.02. The number of nitrogens with zero attached hydrogens (tertiary/aromatic N) is 1. The number of carbonyl (C=O) groups is 2. The molecule has 1 aromatic carbocycles. The number of nitrogens with one attached hydrogen (secondary N) is 1. The average Bonchev–Trinajstić information content (AvgIpc) is 2.89. The second kappa shape index (κ2) is 7.04. The topological polar surface area (TPSA) is 58.6 Å². The first-order valence-corrected chi connectivity index (χ1v) is 8.30. The van der Waals surface area contributed by atoms with Crippen molar-refractivity contribution >= 4 is 27.9 Å². The van der Waals surface area contributed by atoms with Crippen LogP contribution in [0.15, 0.2) is 16.6 Å². The summed E-state index contributed by atoms with van der Waals surface area (Å²) in [5, 5.41) is 2.68. The van der Waals surface area contributed by atoms with E-state index in [-0.39, 0.29) is 22.6 Å². The Morgan fingerprint density at radius 3 is 2.54 bits per heavy atom. The molecule has 0 spiro atoms. The minimum absolute atomic E-state index is 0.198. The van der Waals surface area contributed by atoms with Gasteiger partial charge in [-0.1, -0.05) is 0 Å². The van der Waals surface area contributed by atoms with Crippen molar-refractivity contribution in [2.45, 2.75) is 38.8 Å². The van der Waals surface area contributed by atoms with E-state index in [0.717, 1.165) is 12.1 Å². The number of amides is 2. The molecule has 1 aliphatic heterocycles. The number of hydrogen-bond donors (Lipinski definition) is 1. The zero-order valence-electron chi connectivity index (χ0n) is 13.7. The normalized spacial score (nSPS) is 17.8. The molecule has 1 heterocycles. The van der Waals surface area contributed by atoms with Gasteiger partial charge in [0.15, 0.2) is 0 Å². The number of benzene rings is 1. The molecule has 1 fully saturated rings. The molecule has 1 atom stereocenters. The molecule has 5 nitrogen and oxygen atoms in total. The Morgan fingerprint density at radius 1 is 1.29 bits per heavy atom. The van der Waals surface area contributed by atoms with E-state index in [2.05, 4.69) is 21.2 Å². The van der Waals surface area contributed by atoms with Crippen LogP contribution in [0.3, 0.4) is 0 Å². The summed E-state index contributed by atoms with van der Waals surface area (Å²) >= 11 is 2.91. The van der Waals surface area contributed by atoms with E-state index in [9.17, 15) is 18.4 Å². The van der Waals surface area contributed by atoms with Crippen molar-refractivity contribution in [3.8, 4) is 0 Å². The van der Waals surface area contributed by atoms with Crippen molar-refractivity contribution in [3.63, 3.8) is 0 Å². The Kier molecular flexibility index (Phi) is 5.47. The maximum atomic E-state index is 13.9. The summed E-state index contributed by atoms with van der Waals surface area (Å²) in [6, 6.07) is 1.58. The molecule has 1 N–H and O–H groups in total. The molecule has 132 valence electrons.